The van der Waals surface area contributed by atoms with E-state index in [4.69, 9.17) is 16.3 Å². The van der Waals surface area contributed by atoms with E-state index in [9.17, 15) is 4.79 Å². The first kappa shape index (κ1) is 10.8. The summed E-state index contributed by atoms with van der Waals surface area (Å²) in [5.41, 5.74) is 0.792. The van der Waals surface area contributed by atoms with Crippen LogP contribution >= 0.6 is 22.5 Å². The zero-order valence-corrected chi connectivity index (χ0v) is 10.4. The van der Waals surface area contributed by atoms with E-state index in [1.165, 1.54) is 0 Å². The minimum absolute atomic E-state index is 0.204. The summed E-state index contributed by atoms with van der Waals surface area (Å²) in [5.74, 6) is 1.85. The molecule has 1 unspecified atom stereocenters. The molecule has 0 aliphatic carbocycles. The summed E-state index contributed by atoms with van der Waals surface area (Å²) >= 11 is 6.00. The molecule has 1 atom stereocenters. The minimum atomic E-state index is -0.228. The molecule has 1 heterocycles. The molecule has 1 aliphatic heterocycles. The third-order valence-electron chi connectivity index (χ3n) is 2.66. The number of benzene rings is 1. The van der Waals surface area contributed by atoms with E-state index >= 15 is 0 Å². The van der Waals surface area contributed by atoms with Crippen molar-refractivity contribution in [1.29, 1.82) is 0 Å². The summed E-state index contributed by atoms with van der Waals surface area (Å²) in [7, 11) is 1.37. The van der Waals surface area contributed by atoms with Gasteiger partial charge in [0.1, 0.15) is 5.75 Å². The SMILES string of the molecule is COc1cc2c(cc1Cl)C(=O)CC[SH]2C. The zero-order valence-electron chi connectivity index (χ0n) is 8.71. The van der Waals surface area contributed by atoms with Crippen LogP contribution in [0, 0.1) is 0 Å². The van der Waals surface area contributed by atoms with Crippen LogP contribution in [0.2, 0.25) is 5.02 Å². The van der Waals surface area contributed by atoms with Gasteiger partial charge in [-0.05, 0) is 24.1 Å². The van der Waals surface area contributed by atoms with E-state index in [2.05, 4.69) is 6.26 Å². The second kappa shape index (κ2) is 4.06. The zero-order chi connectivity index (χ0) is 11.0. The van der Waals surface area contributed by atoms with Crippen LogP contribution in [0.1, 0.15) is 16.8 Å². The molecule has 1 aliphatic rings. The average Bonchev–Trinajstić information content (AvgIpc) is 2.23. The van der Waals surface area contributed by atoms with Crippen molar-refractivity contribution < 1.29 is 9.53 Å². The first-order valence-electron chi connectivity index (χ1n) is 4.75. The highest BCUT2D eigenvalue weighted by Gasteiger charge is 2.22. The van der Waals surface area contributed by atoms with Gasteiger partial charge in [0.25, 0.3) is 0 Å². The van der Waals surface area contributed by atoms with Crippen molar-refractivity contribution in [1.82, 2.24) is 0 Å². The Labute approximate surface area is 96.9 Å². The minimum Gasteiger partial charge on any atom is -0.495 e. The number of rotatable bonds is 1. The lowest BCUT2D eigenvalue weighted by atomic mass is 10.1. The molecule has 0 fully saturated rings. The van der Waals surface area contributed by atoms with Gasteiger partial charge in [0.05, 0.1) is 12.1 Å². The average molecular weight is 245 g/mol. The Balaban J connectivity index is 2.58. The Kier molecular flexibility index (Phi) is 2.94. The molecule has 82 valence electrons. The molecule has 0 bridgehead atoms. The maximum atomic E-state index is 11.7. The highest BCUT2D eigenvalue weighted by molar-refractivity contribution is 8.16. The van der Waals surface area contributed by atoms with Crippen molar-refractivity contribution in [2.24, 2.45) is 0 Å². The van der Waals surface area contributed by atoms with Gasteiger partial charge in [0.15, 0.2) is 5.78 Å². The molecule has 4 heteroatoms. The van der Waals surface area contributed by atoms with E-state index in [1.54, 1.807) is 13.2 Å². The Hall–Kier alpha value is -0.670. The van der Waals surface area contributed by atoms with Crippen LogP contribution < -0.4 is 4.74 Å². The Morgan fingerprint density at radius 1 is 1.47 bits per heavy atom. The fourth-order valence-electron chi connectivity index (χ4n) is 1.76. The number of halogens is 1. The Morgan fingerprint density at radius 2 is 2.20 bits per heavy atom. The summed E-state index contributed by atoms with van der Waals surface area (Å²) in [6.07, 6.45) is 2.84. The number of carbonyl (C=O) groups is 1. The topological polar surface area (TPSA) is 26.3 Å². The highest BCUT2D eigenvalue weighted by atomic mass is 35.5. The molecule has 2 nitrogen and oxygen atoms in total. The summed E-state index contributed by atoms with van der Waals surface area (Å²) in [5, 5.41) is 0.523. The van der Waals surface area contributed by atoms with Gasteiger partial charge in [-0.1, -0.05) is 11.6 Å². The first-order valence-corrected chi connectivity index (χ1v) is 7.10. The molecule has 0 saturated carbocycles. The van der Waals surface area contributed by atoms with Crippen LogP contribution in [-0.2, 0) is 0 Å². The Bertz CT molecular complexity index is 417. The van der Waals surface area contributed by atoms with Crippen molar-refractivity contribution in [3.63, 3.8) is 0 Å². The standard InChI is InChI=1S/C11H13ClO2S/c1-14-10-6-11-7(5-8(10)12)9(13)3-4-15(11)2/h5-6,15H,3-4H2,1-2H3. The molecule has 2 rings (SSSR count). The fourth-order valence-corrected chi connectivity index (χ4v) is 3.72. The molecule has 0 saturated heterocycles. The first-order chi connectivity index (χ1) is 7.13. The number of methoxy groups -OCH3 is 1. The molecular formula is C11H13ClO2S. The number of thiol groups is 1. The second-order valence-corrected chi connectivity index (χ2v) is 6.33. The van der Waals surface area contributed by atoms with Crippen LogP contribution in [0.4, 0.5) is 0 Å². The largest absolute Gasteiger partial charge is 0.495 e. The molecular weight excluding hydrogens is 232 g/mol. The molecule has 0 amide bonds. The molecule has 1 aromatic rings. The third-order valence-corrected chi connectivity index (χ3v) is 5.04. The van der Waals surface area contributed by atoms with Crippen LogP contribution in [-0.4, -0.2) is 24.9 Å². The van der Waals surface area contributed by atoms with Crippen molar-refractivity contribution >= 4 is 28.3 Å². The maximum Gasteiger partial charge on any atom is 0.164 e. The van der Waals surface area contributed by atoms with Gasteiger partial charge in [0, 0.05) is 16.9 Å². The van der Waals surface area contributed by atoms with Gasteiger partial charge in [-0.2, -0.15) is 0 Å². The predicted molar refractivity (Wildman–Crippen MR) is 65.0 cm³/mol. The summed E-state index contributed by atoms with van der Waals surface area (Å²) in [6, 6.07) is 3.66. The number of ketones is 1. The number of hydrogen-bond acceptors (Lipinski definition) is 2. The van der Waals surface area contributed by atoms with Crippen molar-refractivity contribution in [3.05, 3.63) is 22.7 Å². The lowest BCUT2D eigenvalue weighted by Crippen LogP contribution is -2.12. The van der Waals surface area contributed by atoms with Crippen LogP contribution in [0.15, 0.2) is 17.0 Å². The Morgan fingerprint density at radius 3 is 2.87 bits per heavy atom. The van der Waals surface area contributed by atoms with Crippen LogP contribution in [0.3, 0.4) is 0 Å². The number of carbonyl (C=O) groups excluding carboxylic acids is 1. The van der Waals surface area contributed by atoms with Gasteiger partial charge in [-0.25, -0.2) is 10.9 Å². The second-order valence-electron chi connectivity index (χ2n) is 3.60. The smallest absolute Gasteiger partial charge is 0.164 e. The van der Waals surface area contributed by atoms with Crippen molar-refractivity contribution in [2.75, 3.05) is 19.1 Å². The molecule has 0 N–H and O–H groups in total. The van der Waals surface area contributed by atoms with Crippen LogP contribution in [0.25, 0.3) is 0 Å². The summed E-state index contributed by atoms with van der Waals surface area (Å²) in [6.45, 7) is 0. The quantitative estimate of drug-likeness (QED) is 0.769. The van der Waals surface area contributed by atoms with E-state index in [0.717, 1.165) is 16.2 Å². The molecule has 0 radical (unpaired) electrons. The van der Waals surface area contributed by atoms with Gasteiger partial charge in [-0.15, -0.1) is 0 Å². The number of ether oxygens (including phenoxy) is 1. The van der Waals surface area contributed by atoms with E-state index in [0.29, 0.717) is 17.2 Å². The predicted octanol–water partition coefficient (Wildman–Crippen LogP) is 2.92. The molecule has 15 heavy (non-hydrogen) atoms. The number of fused-ring (bicyclic) bond motifs is 1. The van der Waals surface area contributed by atoms with E-state index in [-0.39, 0.29) is 16.7 Å². The van der Waals surface area contributed by atoms with Gasteiger partial charge >= 0.3 is 0 Å². The number of Topliss-reactive ketones (excluding diaryl/α,β-unsaturated/α-hetero) is 1. The molecule has 1 aromatic carbocycles. The fraction of sp³-hybridized carbons (Fsp3) is 0.364. The van der Waals surface area contributed by atoms with E-state index in [1.807, 2.05) is 6.07 Å². The normalized spacial score (nSPS) is 22.3. The molecule has 0 spiro atoms. The summed E-state index contributed by atoms with van der Waals surface area (Å²) in [4.78, 5) is 12.8. The van der Waals surface area contributed by atoms with Crippen molar-refractivity contribution in [3.8, 4) is 5.75 Å². The lowest BCUT2D eigenvalue weighted by molar-refractivity contribution is 0.0984. The van der Waals surface area contributed by atoms with Crippen molar-refractivity contribution in [2.45, 2.75) is 11.3 Å². The van der Waals surface area contributed by atoms with E-state index < -0.39 is 0 Å². The monoisotopic (exact) mass is 244 g/mol. The maximum absolute atomic E-state index is 11.7. The number of hydrogen-bond donors (Lipinski definition) is 1. The lowest BCUT2D eigenvalue weighted by Gasteiger charge is -2.25. The third kappa shape index (κ3) is 1.86. The van der Waals surface area contributed by atoms with Crippen LogP contribution in [0.5, 0.6) is 5.75 Å². The highest BCUT2D eigenvalue weighted by Crippen LogP contribution is 2.44. The van der Waals surface area contributed by atoms with Gasteiger partial charge in [-0.3, -0.25) is 4.79 Å². The summed E-state index contributed by atoms with van der Waals surface area (Å²) < 4.78 is 5.16. The molecule has 0 aromatic heterocycles. The van der Waals surface area contributed by atoms with Gasteiger partial charge < -0.3 is 4.74 Å². The van der Waals surface area contributed by atoms with Gasteiger partial charge in [0.2, 0.25) is 0 Å².